The zero-order valence-electron chi connectivity index (χ0n) is 17.3. The molecule has 1 aliphatic heterocycles. The summed E-state index contributed by atoms with van der Waals surface area (Å²) in [6.45, 7) is 8.42. The Bertz CT molecular complexity index is 1030. The molecule has 1 saturated heterocycles. The third kappa shape index (κ3) is 3.81. The molecule has 9 heteroatoms. The van der Waals surface area contributed by atoms with Crippen molar-refractivity contribution in [1.29, 1.82) is 0 Å². The molecule has 160 valence electrons. The number of alkyl halides is 2. The van der Waals surface area contributed by atoms with Gasteiger partial charge in [0.25, 0.3) is 12.3 Å². The molecule has 3 aromatic rings. The van der Waals surface area contributed by atoms with Gasteiger partial charge in [-0.1, -0.05) is 13.8 Å². The lowest BCUT2D eigenvalue weighted by molar-refractivity contribution is 0.0315. The van der Waals surface area contributed by atoms with Crippen LogP contribution in [0.25, 0.3) is 5.65 Å². The van der Waals surface area contributed by atoms with Crippen LogP contribution < -0.4 is 0 Å². The summed E-state index contributed by atoms with van der Waals surface area (Å²) in [5.74, 6) is 0.889. The molecule has 0 N–H and O–H groups in total. The second-order valence-corrected chi connectivity index (χ2v) is 8.04. The van der Waals surface area contributed by atoms with Gasteiger partial charge in [0.05, 0.1) is 19.0 Å². The Labute approximate surface area is 173 Å². The summed E-state index contributed by atoms with van der Waals surface area (Å²) in [7, 11) is 0. The van der Waals surface area contributed by atoms with Crippen LogP contribution in [0.5, 0.6) is 0 Å². The van der Waals surface area contributed by atoms with Gasteiger partial charge < -0.3 is 9.32 Å². The zero-order chi connectivity index (χ0) is 21.4. The standard InChI is InChI=1S/C21H25F2N5O2/c1-13(2)18-12-26(11-15-5-4-8-30-15)6-7-27(18)21(29)16-10-24-28-17(19(22)23)9-14(3)25-20(16)28/h4-5,8-10,13,18-19H,6-7,11-12H2,1-3H3/t18-/m1/s1. The Morgan fingerprint density at radius 3 is 2.80 bits per heavy atom. The van der Waals surface area contributed by atoms with Gasteiger partial charge in [-0.15, -0.1) is 0 Å². The van der Waals surface area contributed by atoms with Gasteiger partial charge in [-0.3, -0.25) is 9.69 Å². The van der Waals surface area contributed by atoms with Crippen molar-refractivity contribution in [2.75, 3.05) is 19.6 Å². The second kappa shape index (κ2) is 8.14. The largest absolute Gasteiger partial charge is 0.468 e. The van der Waals surface area contributed by atoms with Crippen molar-refractivity contribution in [3.05, 3.63) is 53.4 Å². The highest BCUT2D eigenvalue weighted by Gasteiger charge is 2.34. The SMILES string of the molecule is Cc1cc(C(F)F)n2ncc(C(=O)N3CCN(Cc4ccco4)C[C@@H]3C(C)C)c2n1. The molecule has 1 amide bonds. The molecule has 1 aliphatic rings. The first-order valence-electron chi connectivity index (χ1n) is 10.0. The second-order valence-electron chi connectivity index (χ2n) is 8.04. The van der Waals surface area contributed by atoms with Gasteiger partial charge in [0.1, 0.15) is 17.0 Å². The van der Waals surface area contributed by atoms with E-state index in [-0.39, 0.29) is 34.8 Å². The maximum absolute atomic E-state index is 13.4. The number of hydrogen-bond acceptors (Lipinski definition) is 5. The summed E-state index contributed by atoms with van der Waals surface area (Å²) in [5.41, 5.74) is 0.595. The number of aryl methyl sites for hydroxylation is 1. The first-order valence-corrected chi connectivity index (χ1v) is 10.0. The number of amides is 1. The number of nitrogens with zero attached hydrogens (tertiary/aromatic N) is 5. The predicted octanol–water partition coefficient (Wildman–Crippen LogP) is 3.55. The van der Waals surface area contributed by atoms with Gasteiger partial charge in [-0.2, -0.15) is 5.10 Å². The van der Waals surface area contributed by atoms with Crippen molar-refractivity contribution >= 4 is 11.6 Å². The molecule has 0 radical (unpaired) electrons. The van der Waals surface area contributed by atoms with Crippen molar-refractivity contribution < 1.29 is 18.0 Å². The van der Waals surface area contributed by atoms with E-state index in [1.807, 2.05) is 17.0 Å². The van der Waals surface area contributed by atoms with E-state index >= 15 is 0 Å². The van der Waals surface area contributed by atoms with Crippen molar-refractivity contribution in [3.63, 3.8) is 0 Å². The molecule has 1 atom stereocenters. The molecule has 0 spiro atoms. The summed E-state index contributed by atoms with van der Waals surface area (Å²) in [4.78, 5) is 21.8. The van der Waals surface area contributed by atoms with E-state index in [2.05, 4.69) is 28.8 Å². The van der Waals surface area contributed by atoms with E-state index < -0.39 is 6.43 Å². The lowest BCUT2D eigenvalue weighted by Gasteiger charge is -2.43. The molecule has 0 saturated carbocycles. The monoisotopic (exact) mass is 417 g/mol. The number of furan rings is 1. The van der Waals surface area contributed by atoms with Crippen molar-refractivity contribution in [1.82, 2.24) is 24.4 Å². The van der Waals surface area contributed by atoms with Crippen LogP contribution in [-0.4, -0.2) is 56.0 Å². The van der Waals surface area contributed by atoms with Crippen LogP contribution in [0.15, 0.2) is 35.1 Å². The van der Waals surface area contributed by atoms with Gasteiger partial charge in [-0.05, 0) is 31.0 Å². The van der Waals surface area contributed by atoms with Crippen LogP contribution in [0.2, 0.25) is 0 Å². The molecule has 1 fully saturated rings. The van der Waals surface area contributed by atoms with E-state index in [1.165, 1.54) is 12.3 Å². The van der Waals surface area contributed by atoms with Crippen molar-refractivity contribution in [2.24, 2.45) is 5.92 Å². The molecule has 7 nitrogen and oxygen atoms in total. The number of aromatic nitrogens is 3. The van der Waals surface area contributed by atoms with Crippen LogP contribution in [0.4, 0.5) is 8.78 Å². The number of carbonyl (C=O) groups is 1. The number of rotatable bonds is 5. The Kier molecular flexibility index (Phi) is 5.55. The summed E-state index contributed by atoms with van der Waals surface area (Å²) in [6, 6.07) is 5.08. The highest BCUT2D eigenvalue weighted by atomic mass is 19.3. The van der Waals surface area contributed by atoms with E-state index in [4.69, 9.17) is 4.42 Å². The normalized spacial score (nSPS) is 18.1. The molecule has 4 rings (SSSR count). The number of piperazine rings is 1. The third-order valence-corrected chi connectivity index (χ3v) is 5.57. The molecule has 0 aliphatic carbocycles. The lowest BCUT2D eigenvalue weighted by Crippen LogP contribution is -2.56. The Morgan fingerprint density at radius 1 is 1.33 bits per heavy atom. The van der Waals surface area contributed by atoms with Gasteiger partial charge in [0.2, 0.25) is 0 Å². The molecule has 30 heavy (non-hydrogen) atoms. The molecule has 0 aromatic carbocycles. The van der Waals surface area contributed by atoms with Crippen LogP contribution >= 0.6 is 0 Å². The highest BCUT2D eigenvalue weighted by molar-refractivity contribution is 6.00. The molecule has 3 aromatic heterocycles. The summed E-state index contributed by atoms with van der Waals surface area (Å²) in [5, 5.41) is 4.04. The quantitative estimate of drug-likeness (QED) is 0.635. The van der Waals surface area contributed by atoms with Crippen LogP contribution in [-0.2, 0) is 6.54 Å². The maximum Gasteiger partial charge on any atom is 0.280 e. The first kappa shape index (κ1) is 20.5. The number of carbonyl (C=O) groups excluding carboxylic acids is 1. The smallest absolute Gasteiger partial charge is 0.280 e. The maximum atomic E-state index is 13.4. The Hall–Kier alpha value is -2.81. The van der Waals surface area contributed by atoms with E-state index in [0.717, 1.165) is 10.3 Å². The molecular formula is C21H25F2N5O2. The van der Waals surface area contributed by atoms with Crippen LogP contribution in [0, 0.1) is 12.8 Å². The third-order valence-electron chi connectivity index (χ3n) is 5.57. The molecule has 0 unspecified atom stereocenters. The summed E-state index contributed by atoms with van der Waals surface area (Å²) in [6.07, 6.45) is 0.302. The summed E-state index contributed by atoms with van der Waals surface area (Å²) >= 11 is 0. The fraction of sp³-hybridized carbons (Fsp3) is 0.476. The van der Waals surface area contributed by atoms with E-state index in [1.54, 1.807) is 13.2 Å². The minimum Gasteiger partial charge on any atom is -0.468 e. The van der Waals surface area contributed by atoms with Gasteiger partial charge >= 0.3 is 0 Å². The fourth-order valence-electron chi connectivity index (χ4n) is 4.03. The average molecular weight is 417 g/mol. The number of hydrogen-bond donors (Lipinski definition) is 0. The van der Waals surface area contributed by atoms with Crippen molar-refractivity contribution in [2.45, 2.75) is 39.8 Å². The highest BCUT2D eigenvalue weighted by Crippen LogP contribution is 2.25. The van der Waals surface area contributed by atoms with E-state index in [0.29, 0.717) is 31.9 Å². The van der Waals surface area contributed by atoms with E-state index in [9.17, 15) is 13.6 Å². The predicted molar refractivity (Wildman–Crippen MR) is 106 cm³/mol. The topological polar surface area (TPSA) is 66.9 Å². The van der Waals surface area contributed by atoms with Gasteiger partial charge in [0.15, 0.2) is 5.65 Å². The Morgan fingerprint density at radius 2 is 2.13 bits per heavy atom. The van der Waals surface area contributed by atoms with Crippen LogP contribution in [0.3, 0.4) is 0 Å². The minimum atomic E-state index is -2.70. The first-order chi connectivity index (χ1) is 14.3. The minimum absolute atomic E-state index is 0.0180. The Balaban J connectivity index is 1.61. The summed E-state index contributed by atoms with van der Waals surface area (Å²) < 4.78 is 33.3. The van der Waals surface area contributed by atoms with Gasteiger partial charge in [-0.25, -0.2) is 18.3 Å². The fourth-order valence-corrected chi connectivity index (χ4v) is 4.03. The number of halogens is 2. The average Bonchev–Trinajstić information content (AvgIpc) is 3.36. The molecular weight excluding hydrogens is 392 g/mol. The zero-order valence-corrected chi connectivity index (χ0v) is 17.3. The van der Waals surface area contributed by atoms with Gasteiger partial charge in [0, 0.05) is 31.4 Å². The lowest BCUT2D eigenvalue weighted by atomic mass is 9.98. The van der Waals surface area contributed by atoms with Crippen LogP contribution in [0.1, 0.15) is 47.8 Å². The molecule has 0 bridgehead atoms. The number of fused-ring (bicyclic) bond motifs is 1. The molecule has 4 heterocycles. The van der Waals surface area contributed by atoms with Crippen molar-refractivity contribution in [3.8, 4) is 0 Å².